The quantitative estimate of drug-likeness (QED) is 0.876. The van der Waals surface area contributed by atoms with E-state index < -0.39 is 0 Å². The lowest BCUT2D eigenvalue weighted by molar-refractivity contribution is 0.249. The minimum Gasteiger partial charge on any atom is -0.394 e. The Morgan fingerprint density at radius 3 is 2.82 bits per heavy atom. The van der Waals surface area contributed by atoms with Gasteiger partial charge >= 0.3 is 0 Å². The summed E-state index contributed by atoms with van der Waals surface area (Å²) in [5, 5.41) is 9.71. The van der Waals surface area contributed by atoms with Crippen LogP contribution in [0.15, 0.2) is 12.4 Å². The molecule has 0 bridgehead atoms. The Balaban J connectivity index is 2.13. The smallest absolute Gasteiger partial charge is 0.149 e. The molecular weight excluding hydrogens is 238 g/mol. The van der Waals surface area contributed by atoms with Crippen molar-refractivity contribution in [3.63, 3.8) is 0 Å². The fraction of sp³-hybridized carbons (Fsp3) is 0.667. The van der Waals surface area contributed by atoms with Crippen molar-refractivity contribution in [3.05, 3.63) is 17.5 Å². The van der Waals surface area contributed by atoms with Crippen LogP contribution in [0, 0.1) is 5.92 Å². The molecule has 1 saturated carbocycles. The van der Waals surface area contributed by atoms with Gasteiger partial charge in [-0.3, -0.25) is 4.98 Å². The lowest BCUT2D eigenvalue weighted by Gasteiger charge is -2.36. The second-order valence-electron chi connectivity index (χ2n) is 4.68. The van der Waals surface area contributed by atoms with Crippen molar-refractivity contribution >= 4 is 17.4 Å². The number of halogens is 1. The van der Waals surface area contributed by atoms with E-state index in [-0.39, 0.29) is 12.6 Å². The molecule has 1 aliphatic rings. The molecule has 94 valence electrons. The van der Waals surface area contributed by atoms with Crippen LogP contribution in [0.2, 0.25) is 5.15 Å². The lowest BCUT2D eigenvalue weighted by Crippen LogP contribution is -2.41. The van der Waals surface area contributed by atoms with E-state index in [0.717, 1.165) is 12.4 Å². The largest absolute Gasteiger partial charge is 0.394 e. The molecule has 0 radical (unpaired) electrons. The van der Waals surface area contributed by atoms with E-state index in [4.69, 9.17) is 11.6 Å². The first kappa shape index (κ1) is 12.6. The van der Waals surface area contributed by atoms with Crippen LogP contribution in [0.25, 0.3) is 0 Å². The summed E-state index contributed by atoms with van der Waals surface area (Å²) < 4.78 is 0. The van der Waals surface area contributed by atoms with Crippen LogP contribution < -0.4 is 4.90 Å². The first-order valence-corrected chi connectivity index (χ1v) is 6.43. The zero-order valence-electron chi connectivity index (χ0n) is 10.0. The van der Waals surface area contributed by atoms with Gasteiger partial charge in [0.2, 0.25) is 0 Å². The Morgan fingerprint density at radius 1 is 1.53 bits per heavy atom. The number of aromatic nitrogens is 2. The van der Waals surface area contributed by atoms with E-state index in [0.29, 0.717) is 11.1 Å². The molecule has 1 aromatic heterocycles. The van der Waals surface area contributed by atoms with Crippen molar-refractivity contribution in [2.24, 2.45) is 5.92 Å². The highest BCUT2D eigenvalue weighted by molar-refractivity contribution is 6.29. The summed E-state index contributed by atoms with van der Waals surface area (Å²) in [6.45, 7) is 3.03. The van der Waals surface area contributed by atoms with E-state index in [1.807, 2.05) is 6.92 Å². The summed E-state index contributed by atoms with van der Waals surface area (Å²) in [4.78, 5) is 10.4. The number of hydrogen-bond acceptors (Lipinski definition) is 4. The number of aliphatic hydroxyl groups excluding tert-OH is 1. The molecule has 0 amide bonds. The third-order valence-electron chi connectivity index (χ3n) is 3.36. The van der Waals surface area contributed by atoms with E-state index in [9.17, 15) is 5.11 Å². The molecule has 0 spiro atoms. The minimum atomic E-state index is 0.0448. The van der Waals surface area contributed by atoms with Gasteiger partial charge < -0.3 is 10.0 Å². The Kier molecular flexibility index (Phi) is 4.18. The normalized spacial score (nSPS) is 17.6. The highest BCUT2D eigenvalue weighted by atomic mass is 35.5. The summed E-state index contributed by atoms with van der Waals surface area (Å²) in [6.07, 6.45) is 7.07. The van der Waals surface area contributed by atoms with Crippen LogP contribution in [0.5, 0.6) is 0 Å². The van der Waals surface area contributed by atoms with Gasteiger partial charge in [-0.25, -0.2) is 4.98 Å². The summed E-state index contributed by atoms with van der Waals surface area (Å²) in [6, 6.07) is 0.0448. The lowest BCUT2D eigenvalue weighted by atomic mass is 9.85. The second-order valence-corrected chi connectivity index (χ2v) is 5.07. The summed E-state index contributed by atoms with van der Waals surface area (Å²) in [7, 11) is 0. The van der Waals surface area contributed by atoms with Crippen LogP contribution >= 0.6 is 11.6 Å². The van der Waals surface area contributed by atoms with Crippen molar-refractivity contribution in [1.82, 2.24) is 9.97 Å². The molecule has 4 nitrogen and oxygen atoms in total. The topological polar surface area (TPSA) is 49.2 Å². The zero-order valence-corrected chi connectivity index (χ0v) is 10.8. The third-order valence-corrected chi connectivity index (χ3v) is 3.54. The van der Waals surface area contributed by atoms with Crippen LogP contribution in [-0.2, 0) is 0 Å². The molecule has 0 saturated heterocycles. The molecular formula is C12H18ClN3O. The first-order chi connectivity index (χ1) is 8.20. The molecule has 1 aliphatic carbocycles. The van der Waals surface area contributed by atoms with Gasteiger partial charge in [0.15, 0.2) is 0 Å². The molecule has 17 heavy (non-hydrogen) atoms. The van der Waals surface area contributed by atoms with Crippen LogP contribution in [0.3, 0.4) is 0 Å². The van der Waals surface area contributed by atoms with Gasteiger partial charge in [-0.2, -0.15) is 0 Å². The molecule has 0 aromatic carbocycles. The molecule has 5 heteroatoms. The number of anilines is 1. The zero-order chi connectivity index (χ0) is 12.3. The Hall–Kier alpha value is -0.870. The predicted molar refractivity (Wildman–Crippen MR) is 68.3 cm³/mol. The van der Waals surface area contributed by atoms with E-state index >= 15 is 0 Å². The summed E-state index contributed by atoms with van der Waals surface area (Å²) >= 11 is 5.86. The van der Waals surface area contributed by atoms with Crippen molar-refractivity contribution in [3.8, 4) is 0 Å². The SMILES string of the molecule is C[C@@H](CO)N(CC1CCC1)c1cncc(Cl)n1. The highest BCUT2D eigenvalue weighted by Crippen LogP contribution is 2.29. The van der Waals surface area contributed by atoms with Crippen molar-refractivity contribution in [2.45, 2.75) is 32.2 Å². The fourth-order valence-corrected chi connectivity index (χ4v) is 2.17. The molecule has 1 fully saturated rings. The number of rotatable bonds is 5. The molecule has 0 unspecified atom stereocenters. The van der Waals surface area contributed by atoms with Crippen molar-refractivity contribution in [2.75, 3.05) is 18.1 Å². The molecule has 1 aromatic rings. The molecule has 1 atom stereocenters. The fourth-order valence-electron chi connectivity index (χ4n) is 2.02. The maximum absolute atomic E-state index is 9.32. The first-order valence-electron chi connectivity index (χ1n) is 6.05. The molecule has 0 aliphatic heterocycles. The standard InChI is InChI=1S/C12H18ClN3O/c1-9(8-17)16(7-10-3-2-4-10)12-6-14-5-11(13)15-12/h5-6,9-10,17H,2-4,7-8H2,1H3/t9-/m0/s1. The molecule has 1 heterocycles. The number of nitrogens with zero attached hydrogens (tertiary/aromatic N) is 3. The van der Waals surface area contributed by atoms with Gasteiger partial charge in [-0.05, 0) is 25.7 Å². The van der Waals surface area contributed by atoms with E-state index in [1.165, 1.54) is 25.5 Å². The average molecular weight is 256 g/mol. The second kappa shape index (κ2) is 5.65. The molecule has 1 N–H and O–H groups in total. The highest BCUT2D eigenvalue weighted by Gasteiger charge is 2.24. The maximum Gasteiger partial charge on any atom is 0.149 e. The van der Waals surface area contributed by atoms with E-state index in [1.54, 1.807) is 6.20 Å². The van der Waals surface area contributed by atoms with Crippen LogP contribution in [0.4, 0.5) is 5.82 Å². The van der Waals surface area contributed by atoms with Crippen LogP contribution in [-0.4, -0.2) is 34.3 Å². The van der Waals surface area contributed by atoms with Crippen LogP contribution in [0.1, 0.15) is 26.2 Å². The van der Waals surface area contributed by atoms with Gasteiger partial charge in [0.1, 0.15) is 11.0 Å². The number of aliphatic hydroxyl groups is 1. The summed E-state index contributed by atoms with van der Waals surface area (Å²) in [5.74, 6) is 1.47. The van der Waals surface area contributed by atoms with E-state index in [2.05, 4.69) is 14.9 Å². The Labute approximate surface area is 107 Å². The van der Waals surface area contributed by atoms with Crippen molar-refractivity contribution in [1.29, 1.82) is 0 Å². The maximum atomic E-state index is 9.32. The average Bonchev–Trinajstić information content (AvgIpc) is 2.27. The van der Waals surface area contributed by atoms with Gasteiger partial charge in [0.05, 0.1) is 25.0 Å². The summed E-state index contributed by atoms with van der Waals surface area (Å²) in [5.41, 5.74) is 0. The number of hydrogen-bond donors (Lipinski definition) is 1. The minimum absolute atomic E-state index is 0.0448. The third kappa shape index (κ3) is 3.07. The van der Waals surface area contributed by atoms with Crippen molar-refractivity contribution < 1.29 is 5.11 Å². The monoisotopic (exact) mass is 255 g/mol. The predicted octanol–water partition coefficient (Wildman–Crippen LogP) is 2.12. The van der Waals surface area contributed by atoms with Gasteiger partial charge in [0, 0.05) is 6.54 Å². The Bertz CT molecular complexity index is 371. The van der Waals surface area contributed by atoms with Gasteiger partial charge in [-0.15, -0.1) is 0 Å². The van der Waals surface area contributed by atoms with Gasteiger partial charge in [-0.1, -0.05) is 18.0 Å². The Morgan fingerprint density at radius 2 is 2.29 bits per heavy atom. The molecule has 2 rings (SSSR count). The van der Waals surface area contributed by atoms with Gasteiger partial charge in [0.25, 0.3) is 0 Å².